The molecule has 2 aromatic rings. The van der Waals surface area contributed by atoms with E-state index in [0.29, 0.717) is 12.8 Å². The van der Waals surface area contributed by atoms with Crippen LogP contribution in [0.2, 0.25) is 0 Å². The number of Topliss-reactive ketones (excluding diaryl/α,β-unsaturated/α-hetero) is 1. The van der Waals surface area contributed by atoms with Crippen molar-refractivity contribution in [3.05, 3.63) is 65.2 Å². The van der Waals surface area contributed by atoms with Crippen LogP contribution in [-0.2, 0) is 17.6 Å². The van der Waals surface area contributed by atoms with Gasteiger partial charge in [0, 0.05) is 12.8 Å². The van der Waals surface area contributed by atoms with Gasteiger partial charge in [-0.15, -0.1) is 0 Å². The van der Waals surface area contributed by atoms with Crippen LogP contribution < -0.4 is 0 Å². The number of aromatic hydroxyl groups is 1. The van der Waals surface area contributed by atoms with Crippen LogP contribution >= 0.6 is 0 Å². The standard InChI is InChI=1S/C19H22O2.2C2H6/c1-15-6-8-16(9-7-15)4-2-3-5-19(21)14-17-10-12-18(20)13-11-17;2*1-2/h6-13,20H,2-5,14H2,1H3;2*1-2H3. The Hall–Kier alpha value is -2.09. The molecule has 0 aromatic heterocycles. The van der Waals surface area contributed by atoms with Crippen molar-refractivity contribution in [2.75, 3.05) is 0 Å². The molecule has 2 heteroatoms. The average Bonchev–Trinajstić information content (AvgIpc) is 2.65. The first-order valence-electron chi connectivity index (χ1n) is 9.48. The highest BCUT2D eigenvalue weighted by molar-refractivity contribution is 5.80. The van der Waals surface area contributed by atoms with Crippen LogP contribution in [-0.4, -0.2) is 10.9 Å². The number of hydrogen-bond donors (Lipinski definition) is 1. The Kier molecular flexibility index (Phi) is 13.1. The van der Waals surface area contributed by atoms with Gasteiger partial charge in [-0.3, -0.25) is 4.79 Å². The Morgan fingerprint density at radius 1 is 0.800 bits per heavy atom. The molecule has 0 amide bonds. The summed E-state index contributed by atoms with van der Waals surface area (Å²) in [5.74, 6) is 0.508. The van der Waals surface area contributed by atoms with Crippen molar-refractivity contribution in [2.24, 2.45) is 0 Å². The lowest BCUT2D eigenvalue weighted by atomic mass is 10.0. The van der Waals surface area contributed by atoms with E-state index in [1.165, 1.54) is 11.1 Å². The molecule has 2 aromatic carbocycles. The minimum Gasteiger partial charge on any atom is -0.508 e. The summed E-state index contributed by atoms with van der Waals surface area (Å²) in [6.45, 7) is 10.1. The third-order valence-corrected chi connectivity index (χ3v) is 3.63. The molecule has 138 valence electrons. The van der Waals surface area contributed by atoms with Crippen LogP contribution in [0, 0.1) is 6.92 Å². The van der Waals surface area contributed by atoms with Gasteiger partial charge in [-0.05, 0) is 49.4 Å². The Morgan fingerprint density at radius 3 is 1.88 bits per heavy atom. The first-order valence-corrected chi connectivity index (χ1v) is 9.48. The van der Waals surface area contributed by atoms with E-state index >= 15 is 0 Å². The topological polar surface area (TPSA) is 37.3 Å². The van der Waals surface area contributed by atoms with Crippen molar-refractivity contribution in [3.63, 3.8) is 0 Å². The number of benzene rings is 2. The summed E-state index contributed by atoms with van der Waals surface area (Å²) < 4.78 is 0. The van der Waals surface area contributed by atoms with Gasteiger partial charge in [0.1, 0.15) is 11.5 Å². The second-order valence-corrected chi connectivity index (χ2v) is 5.57. The van der Waals surface area contributed by atoms with Gasteiger partial charge >= 0.3 is 0 Å². The molecule has 0 aliphatic heterocycles. The van der Waals surface area contributed by atoms with Crippen molar-refractivity contribution in [1.29, 1.82) is 0 Å². The largest absolute Gasteiger partial charge is 0.508 e. The maximum atomic E-state index is 11.9. The third kappa shape index (κ3) is 10.4. The predicted molar refractivity (Wildman–Crippen MR) is 108 cm³/mol. The van der Waals surface area contributed by atoms with E-state index in [9.17, 15) is 9.90 Å². The van der Waals surface area contributed by atoms with E-state index in [-0.39, 0.29) is 11.5 Å². The molecule has 0 heterocycles. The predicted octanol–water partition coefficient (Wildman–Crippen LogP) is 6.28. The van der Waals surface area contributed by atoms with E-state index in [0.717, 1.165) is 24.8 Å². The fraction of sp³-hybridized carbons (Fsp3) is 0.435. The normalized spacial score (nSPS) is 9.32. The zero-order chi connectivity index (χ0) is 19.1. The highest BCUT2D eigenvalue weighted by Crippen LogP contribution is 2.12. The molecule has 0 spiro atoms. The number of carbonyl (C=O) groups is 1. The fourth-order valence-corrected chi connectivity index (χ4v) is 2.34. The van der Waals surface area contributed by atoms with E-state index < -0.39 is 0 Å². The van der Waals surface area contributed by atoms with Crippen molar-refractivity contribution in [3.8, 4) is 5.75 Å². The molecular weight excluding hydrogens is 308 g/mol. The molecular formula is C23H34O2. The Labute approximate surface area is 153 Å². The van der Waals surface area contributed by atoms with Crippen molar-refractivity contribution in [2.45, 2.75) is 66.7 Å². The van der Waals surface area contributed by atoms with Gasteiger partial charge in [0.15, 0.2) is 0 Å². The first kappa shape index (κ1) is 22.9. The van der Waals surface area contributed by atoms with Gasteiger partial charge in [-0.25, -0.2) is 0 Å². The Balaban J connectivity index is 0.00000134. The first-order chi connectivity index (χ1) is 12.1. The SMILES string of the molecule is CC.CC.Cc1ccc(CCCCC(=O)Cc2ccc(O)cc2)cc1. The molecule has 25 heavy (non-hydrogen) atoms. The monoisotopic (exact) mass is 342 g/mol. The smallest absolute Gasteiger partial charge is 0.137 e. The number of ketones is 1. The molecule has 0 unspecified atom stereocenters. The van der Waals surface area contributed by atoms with Crippen LogP contribution in [0.25, 0.3) is 0 Å². The summed E-state index contributed by atoms with van der Waals surface area (Å²) in [7, 11) is 0. The van der Waals surface area contributed by atoms with Crippen LogP contribution in [0.5, 0.6) is 5.75 Å². The van der Waals surface area contributed by atoms with Crippen LogP contribution in [0.1, 0.15) is 63.6 Å². The molecule has 0 saturated carbocycles. The lowest BCUT2D eigenvalue weighted by Crippen LogP contribution is -2.02. The van der Waals surface area contributed by atoms with Gasteiger partial charge in [-0.1, -0.05) is 69.7 Å². The van der Waals surface area contributed by atoms with E-state index in [1.54, 1.807) is 24.3 Å². The van der Waals surface area contributed by atoms with E-state index in [2.05, 4.69) is 31.2 Å². The minimum atomic E-state index is 0.240. The van der Waals surface area contributed by atoms with Gasteiger partial charge in [-0.2, -0.15) is 0 Å². The van der Waals surface area contributed by atoms with Gasteiger partial charge in [0.2, 0.25) is 0 Å². The number of rotatable bonds is 7. The number of hydrogen-bond acceptors (Lipinski definition) is 2. The average molecular weight is 343 g/mol. The van der Waals surface area contributed by atoms with Gasteiger partial charge in [0.05, 0.1) is 0 Å². The lowest BCUT2D eigenvalue weighted by Gasteiger charge is -2.03. The Bertz CT molecular complexity index is 568. The summed E-state index contributed by atoms with van der Waals surface area (Å²) >= 11 is 0. The maximum absolute atomic E-state index is 11.9. The zero-order valence-corrected chi connectivity index (χ0v) is 16.5. The van der Waals surface area contributed by atoms with Crippen molar-refractivity contribution < 1.29 is 9.90 Å². The highest BCUT2D eigenvalue weighted by Gasteiger charge is 2.04. The van der Waals surface area contributed by atoms with Gasteiger partial charge in [0.25, 0.3) is 0 Å². The van der Waals surface area contributed by atoms with E-state index in [4.69, 9.17) is 0 Å². The lowest BCUT2D eigenvalue weighted by molar-refractivity contribution is -0.118. The molecule has 2 nitrogen and oxygen atoms in total. The second kappa shape index (κ2) is 14.3. The van der Waals surface area contributed by atoms with Gasteiger partial charge < -0.3 is 5.11 Å². The molecule has 0 aliphatic rings. The fourth-order valence-electron chi connectivity index (χ4n) is 2.34. The number of unbranched alkanes of at least 4 members (excludes halogenated alkanes) is 1. The summed E-state index contributed by atoms with van der Waals surface area (Å²) in [5, 5.41) is 9.20. The summed E-state index contributed by atoms with van der Waals surface area (Å²) in [4.78, 5) is 11.9. The van der Waals surface area contributed by atoms with Crippen molar-refractivity contribution >= 4 is 5.78 Å². The summed E-state index contributed by atoms with van der Waals surface area (Å²) in [6.07, 6.45) is 4.11. The summed E-state index contributed by atoms with van der Waals surface area (Å²) in [6, 6.07) is 15.4. The molecule has 0 saturated heterocycles. The highest BCUT2D eigenvalue weighted by atomic mass is 16.3. The van der Waals surface area contributed by atoms with E-state index in [1.807, 2.05) is 27.7 Å². The second-order valence-electron chi connectivity index (χ2n) is 5.57. The van der Waals surface area contributed by atoms with Crippen LogP contribution in [0.4, 0.5) is 0 Å². The number of phenolic OH excluding ortho intramolecular Hbond substituents is 1. The zero-order valence-electron chi connectivity index (χ0n) is 16.5. The molecule has 1 N–H and O–H groups in total. The molecule has 2 rings (SSSR count). The van der Waals surface area contributed by atoms with Crippen LogP contribution in [0.3, 0.4) is 0 Å². The molecule has 0 atom stereocenters. The molecule has 0 fully saturated rings. The number of phenols is 1. The number of carbonyl (C=O) groups excluding carboxylic acids is 1. The quantitative estimate of drug-likeness (QED) is 0.601. The molecule has 0 aliphatic carbocycles. The van der Waals surface area contributed by atoms with Crippen molar-refractivity contribution in [1.82, 2.24) is 0 Å². The number of aryl methyl sites for hydroxylation is 2. The maximum Gasteiger partial charge on any atom is 0.137 e. The Morgan fingerprint density at radius 2 is 1.32 bits per heavy atom. The summed E-state index contributed by atoms with van der Waals surface area (Å²) in [5.41, 5.74) is 3.59. The van der Waals surface area contributed by atoms with Crippen LogP contribution in [0.15, 0.2) is 48.5 Å². The molecule has 0 bridgehead atoms. The molecule has 0 radical (unpaired) electrons. The third-order valence-electron chi connectivity index (χ3n) is 3.63. The minimum absolute atomic E-state index is 0.240.